The molecule has 2 saturated heterocycles. The smallest absolute Gasteiger partial charge is 0.162 e. The third-order valence-corrected chi connectivity index (χ3v) is 9.40. The molecule has 0 amide bonds. The van der Waals surface area contributed by atoms with E-state index in [9.17, 15) is 0 Å². The molecule has 192 valence electrons. The van der Waals surface area contributed by atoms with Crippen molar-refractivity contribution in [1.82, 2.24) is 19.2 Å². The highest BCUT2D eigenvalue weighted by atomic mass is 32.2. The molecular formula is C26H35N7OS2. The first-order valence-corrected chi connectivity index (χ1v) is 14.2. The molecule has 0 radical (unpaired) electrons. The second kappa shape index (κ2) is 11.0. The van der Waals surface area contributed by atoms with E-state index in [0.29, 0.717) is 35.5 Å². The molecule has 0 atom stereocenters. The second-order valence-electron chi connectivity index (χ2n) is 9.64. The quantitative estimate of drug-likeness (QED) is 0.269. The molecular weight excluding hydrogens is 490 g/mol. The number of rotatable bonds is 7. The fourth-order valence-electron chi connectivity index (χ4n) is 4.99. The minimum Gasteiger partial charge on any atom is -0.398 e. The van der Waals surface area contributed by atoms with Gasteiger partial charge in [0, 0.05) is 52.8 Å². The molecule has 0 unspecified atom stereocenters. The van der Waals surface area contributed by atoms with Crippen molar-refractivity contribution in [1.29, 1.82) is 5.41 Å². The number of anilines is 2. The molecule has 2 fully saturated rings. The Bertz CT molecular complexity index is 1230. The molecule has 0 bridgehead atoms. The van der Waals surface area contributed by atoms with Crippen molar-refractivity contribution in [2.75, 3.05) is 64.1 Å². The maximum atomic E-state index is 7.93. The van der Waals surface area contributed by atoms with Crippen LogP contribution in [0.4, 0.5) is 11.5 Å². The number of ether oxygens (including phenoxy) is 1. The molecule has 36 heavy (non-hydrogen) atoms. The van der Waals surface area contributed by atoms with E-state index >= 15 is 0 Å². The molecule has 1 aromatic carbocycles. The van der Waals surface area contributed by atoms with E-state index in [1.165, 1.54) is 29.5 Å². The zero-order valence-electron chi connectivity index (χ0n) is 21.3. The number of nitrogens with zero attached hydrogens (tertiary/aromatic N) is 5. The minimum atomic E-state index is 0.567. The number of fused-ring (bicyclic) bond motifs is 1. The van der Waals surface area contributed by atoms with E-state index in [0.717, 1.165) is 54.3 Å². The van der Waals surface area contributed by atoms with Crippen LogP contribution in [0.1, 0.15) is 28.8 Å². The van der Waals surface area contributed by atoms with Gasteiger partial charge in [0.2, 0.25) is 0 Å². The minimum absolute atomic E-state index is 0.567. The number of hydrogen-bond donors (Lipinski definition) is 2. The number of benzene rings is 1. The SMILES string of the molecule is Cc1c(CN2CCC(SN(C)C)CC2)sc2c(N3CCOCC3)nc(-c3cccc(N)c3C=N)nc12. The average molecular weight is 526 g/mol. The highest BCUT2D eigenvalue weighted by molar-refractivity contribution is 7.97. The van der Waals surface area contributed by atoms with Crippen molar-refractivity contribution in [2.45, 2.75) is 31.6 Å². The van der Waals surface area contributed by atoms with Crippen LogP contribution >= 0.6 is 23.3 Å². The first kappa shape index (κ1) is 25.4. The molecule has 10 heteroatoms. The van der Waals surface area contributed by atoms with Crippen molar-refractivity contribution < 1.29 is 4.74 Å². The van der Waals surface area contributed by atoms with Crippen LogP contribution in [0, 0.1) is 12.3 Å². The second-order valence-corrected chi connectivity index (χ2v) is 12.4. The lowest BCUT2D eigenvalue weighted by Gasteiger charge is -2.32. The topological polar surface area (TPSA) is 94.6 Å². The van der Waals surface area contributed by atoms with Gasteiger partial charge in [-0.1, -0.05) is 24.1 Å². The van der Waals surface area contributed by atoms with Gasteiger partial charge in [-0.15, -0.1) is 11.3 Å². The number of piperidine rings is 1. The highest BCUT2D eigenvalue weighted by Crippen LogP contribution is 2.39. The van der Waals surface area contributed by atoms with Crippen LogP contribution in [-0.2, 0) is 11.3 Å². The third-order valence-electron chi connectivity index (χ3n) is 6.94. The van der Waals surface area contributed by atoms with Crippen molar-refractivity contribution in [3.8, 4) is 11.4 Å². The van der Waals surface area contributed by atoms with Gasteiger partial charge >= 0.3 is 0 Å². The Hall–Kier alpha value is -2.24. The predicted octanol–water partition coefficient (Wildman–Crippen LogP) is 4.26. The Morgan fingerprint density at radius 2 is 1.94 bits per heavy atom. The van der Waals surface area contributed by atoms with E-state index in [-0.39, 0.29) is 0 Å². The van der Waals surface area contributed by atoms with Gasteiger partial charge in [0.1, 0.15) is 0 Å². The Labute approximate surface area is 221 Å². The van der Waals surface area contributed by atoms with Crippen LogP contribution in [0.2, 0.25) is 0 Å². The summed E-state index contributed by atoms with van der Waals surface area (Å²) < 4.78 is 8.99. The number of nitrogen functional groups attached to an aromatic ring is 1. The number of morpholine rings is 1. The number of nitrogens with one attached hydrogen (secondary N) is 1. The lowest BCUT2D eigenvalue weighted by atomic mass is 10.1. The monoisotopic (exact) mass is 525 g/mol. The van der Waals surface area contributed by atoms with Crippen LogP contribution < -0.4 is 10.6 Å². The summed E-state index contributed by atoms with van der Waals surface area (Å²) in [5.41, 5.74) is 10.5. The van der Waals surface area contributed by atoms with Gasteiger partial charge in [0.15, 0.2) is 11.6 Å². The summed E-state index contributed by atoms with van der Waals surface area (Å²) in [6.07, 6.45) is 3.74. The Kier molecular flexibility index (Phi) is 7.78. The zero-order chi connectivity index (χ0) is 25.2. The van der Waals surface area contributed by atoms with Crippen molar-refractivity contribution >= 4 is 51.2 Å². The molecule has 5 rings (SSSR count). The molecule has 3 N–H and O–H groups in total. The largest absolute Gasteiger partial charge is 0.398 e. The molecule has 0 aliphatic carbocycles. The highest BCUT2D eigenvalue weighted by Gasteiger charge is 2.25. The Morgan fingerprint density at radius 1 is 1.19 bits per heavy atom. The van der Waals surface area contributed by atoms with Gasteiger partial charge in [-0.25, -0.2) is 9.97 Å². The van der Waals surface area contributed by atoms with Crippen LogP contribution in [0.3, 0.4) is 0 Å². The summed E-state index contributed by atoms with van der Waals surface area (Å²) in [5.74, 6) is 1.60. The van der Waals surface area contributed by atoms with Crippen molar-refractivity contribution in [3.63, 3.8) is 0 Å². The molecule has 2 aliphatic heterocycles. The summed E-state index contributed by atoms with van der Waals surface area (Å²) in [7, 11) is 4.27. The lowest BCUT2D eigenvalue weighted by molar-refractivity contribution is 0.122. The van der Waals surface area contributed by atoms with E-state index in [2.05, 4.69) is 35.1 Å². The summed E-state index contributed by atoms with van der Waals surface area (Å²) in [6, 6.07) is 5.68. The third kappa shape index (κ3) is 5.24. The molecule has 0 spiro atoms. The fraction of sp³-hybridized carbons (Fsp3) is 0.500. The molecule has 0 saturated carbocycles. The molecule has 8 nitrogen and oxygen atoms in total. The van der Waals surface area contributed by atoms with Gasteiger partial charge in [0.25, 0.3) is 0 Å². The summed E-state index contributed by atoms with van der Waals surface area (Å²) in [6.45, 7) is 8.40. The van der Waals surface area contributed by atoms with Crippen molar-refractivity contribution in [3.05, 3.63) is 34.2 Å². The average Bonchev–Trinajstić information content (AvgIpc) is 3.19. The van der Waals surface area contributed by atoms with E-state index < -0.39 is 0 Å². The number of aromatic nitrogens is 2. The van der Waals surface area contributed by atoms with Crippen LogP contribution in [0.15, 0.2) is 18.2 Å². The summed E-state index contributed by atoms with van der Waals surface area (Å²) in [5, 5.41) is 8.64. The normalized spacial score (nSPS) is 17.8. The summed E-state index contributed by atoms with van der Waals surface area (Å²) >= 11 is 3.80. The lowest BCUT2D eigenvalue weighted by Crippen LogP contribution is -2.36. The zero-order valence-corrected chi connectivity index (χ0v) is 22.9. The number of aryl methyl sites for hydroxylation is 1. The van der Waals surface area contributed by atoms with Crippen LogP contribution in [-0.4, -0.2) is 84.1 Å². The fourth-order valence-corrected chi connectivity index (χ4v) is 7.32. The molecule has 2 aliphatic rings. The molecule has 2 aromatic heterocycles. The Morgan fingerprint density at radius 3 is 2.64 bits per heavy atom. The van der Waals surface area contributed by atoms with Gasteiger partial charge in [-0.2, -0.15) is 0 Å². The molecule has 4 heterocycles. The first-order chi connectivity index (χ1) is 17.4. The first-order valence-electron chi connectivity index (χ1n) is 12.5. The maximum Gasteiger partial charge on any atom is 0.162 e. The van der Waals surface area contributed by atoms with E-state index in [1.807, 2.05) is 41.5 Å². The summed E-state index contributed by atoms with van der Waals surface area (Å²) in [4.78, 5) is 16.4. The number of likely N-dealkylation sites (tertiary alicyclic amines) is 1. The van der Waals surface area contributed by atoms with Crippen molar-refractivity contribution in [2.24, 2.45) is 0 Å². The molecule has 3 aromatic rings. The van der Waals surface area contributed by atoms with Gasteiger partial charge < -0.3 is 20.8 Å². The number of hydrogen-bond acceptors (Lipinski definition) is 10. The van der Waals surface area contributed by atoms with E-state index in [4.69, 9.17) is 25.8 Å². The maximum absolute atomic E-state index is 7.93. The standard InChI is InChI=1S/C26H35N7OS2/c1-17-22(16-32-9-7-18(8-10-32)36-31(2)3)35-24-23(17)29-25(19-5-4-6-21(28)20(19)15-27)30-26(24)33-11-13-34-14-12-33/h4-6,15,18,27H,7-14,16,28H2,1-3H3. The van der Waals surface area contributed by atoms with Gasteiger partial charge in [-0.05, 0) is 58.6 Å². The van der Waals surface area contributed by atoms with Crippen LogP contribution in [0.5, 0.6) is 0 Å². The number of nitrogens with two attached hydrogens (primary N) is 1. The van der Waals surface area contributed by atoms with Gasteiger partial charge in [0.05, 0.1) is 23.4 Å². The predicted molar refractivity (Wildman–Crippen MR) is 152 cm³/mol. The van der Waals surface area contributed by atoms with Gasteiger partial charge in [-0.3, -0.25) is 9.21 Å². The number of thiophene rings is 1. The Balaban J connectivity index is 1.51. The van der Waals surface area contributed by atoms with Crippen LogP contribution in [0.25, 0.3) is 21.6 Å². The van der Waals surface area contributed by atoms with E-state index in [1.54, 1.807) is 0 Å².